The van der Waals surface area contributed by atoms with Crippen LogP contribution >= 0.6 is 11.8 Å². The number of rotatable bonds is 5. The number of hydrogen-bond acceptors (Lipinski definition) is 3. The van der Waals surface area contributed by atoms with E-state index < -0.39 is 5.97 Å². The van der Waals surface area contributed by atoms with Crippen molar-refractivity contribution in [1.82, 2.24) is 4.90 Å². The topological polar surface area (TPSA) is 40.5 Å². The van der Waals surface area contributed by atoms with Crippen LogP contribution in [-0.2, 0) is 4.79 Å². The summed E-state index contributed by atoms with van der Waals surface area (Å²) < 4.78 is 0. The molecule has 4 heteroatoms. The van der Waals surface area contributed by atoms with Crippen LogP contribution in [0.5, 0.6) is 0 Å². The van der Waals surface area contributed by atoms with Gasteiger partial charge in [-0.1, -0.05) is 42.0 Å². The molecule has 1 unspecified atom stereocenters. The molecule has 3 rings (SSSR count). The van der Waals surface area contributed by atoms with Gasteiger partial charge in [-0.15, -0.1) is 11.8 Å². The van der Waals surface area contributed by atoms with Crippen molar-refractivity contribution < 1.29 is 9.90 Å². The van der Waals surface area contributed by atoms with E-state index in [1.165, 1.54) is 21.6 Å². The van der Waals surface area contributed by atoms with Crippen LogP contribution in [0.25, 0.3) is 0 Å². The first-order valence-corrected chi connectivity index (χ1v) is 9.98. The first-order valence-electron chi connectivity index (χ1n) is 8.76. The van der Waals surface area contributed by atoms with E-state index in [1.807, 2.05) is 0 Å². The van der Waals surface area contributed by atoms with Crippen molar-refractivity contribution in [3.05, 3.63) is 65.2 Å². The Hall–Kier alpha value is -1.78. The normalized spacial score (nSPS) is 17.4. The van der Waals surface area contributed by atoms with Crippen LogP contribution in [0.15, 0.2) is 53.4 Å². The standard InChI is InChI=1S/C21H25NO2S/c1-15-3-5-16(6-4-15)20(17-7-9-19(25-2)10-8-17)22-13-11-18(12-14-22)21(23)24/h3-10,18,20H,11-14H2,1-2H3,(H,23,24). The maximum absolute atomic E-state index is 11.3. The van der Waals surface area contributed by atoms with Crippen molar-refractivity contribution in [2.24, 2.45) is 5.92 Å². The van der Waals surface area contributed by atoms with E-state index in [1.54, 1.807) is 11.8 Å². The minimum atomic E-state index is -0.657. The van der Waals surface area contributed by atoms with E-state index in [9.17, 15) is 9.90 Å². The molecule has 1 aliphatic heterocycles. The van der Waals surface area contributed by atoms with Gasteiger partial charge in [0, 0.05) is 4.90 Å². The number of thioether (sulfide) groups is 1. The van der Waals surface area contributed by atoms with Gasteiger partial charge in [0.05, 0.1) is 12.0 Å². The zero-order valence-corrected chi connectivity index (χ0v) is 15.6. The quantitative estimate of drug-likeness (QED) is 0.796. The number of carbonyl (C=O) groups is 1. The van der Waals surface area contributed by atoms with Gasteiger partial charge in [-0.25, -0.2) is 0 Å². The number of carboxylic acids is 1. The minimum absolute atomic E-state index is 0.186. The molecule has 0 radical (unpaired) electrons. The molecule has 3 nitrogen and oxygen atoms in total. The second kappa shape index (κ2) is 8.07. The van der Waals surface area contributed by atoms with Crippen LogP contribution in [-0.4, -0.2) is 35.3 Å². The molecule has 0 aromatic heterocycles. The summed E-state index contributed by atoms with van der Waals surface area (Å²) in [6.07, 6.45) is 3.53. The molecule has 1 aliphatic rings. The smallest absolute Gasteiger partial charge is 0.306 e. The van der Waals surface area contributed by atoms with E-state index in [0.29, 0.717) is 0 Å². The molecule has 1 N–H and O–H groups in total. The highest BCUT2D eigenvalue weighted by atomic mass is 32.2. The van der Waals surface area contributed by atoms with Gasteiger partial charge in [-0.3, -0.25) is 9.69 Å². The zero-order valence-electron chi connectivity index (χ0n) is 14.8. The Kier molecular flexibility index (Phi) is 5.82. The summed E-state index contributed by atoms with van der Waals surface area (Å²) in [4.78, 5) is 14.9. The number of benzene rings is 2. The third-order valence-electron chi connectivity index (χ3n) is 5.07. The van der Waals surface area contributed by atoms with Crippen molar-refractivity contribution in [2.75, 3.05) is 19.3 Å². The number of piperidine rings is 1. The molecule has 1 atom stereocenters. The van der Waals surface area contributed by atoms with Crippen molar-refractivity contribution in [1.29, 1.82) is 0 Å². The average molecular weight is 356 g/mol. The van der Waals surface area contributed by atoms with E-state index in [4.69, 9.17) is 0 Å². The summed E-state index contributed by atoms with van der Waals surface area (Å²) in [7, 11) is 0. The predicted octanol–water partition coefficient (Wildman–Crippen LogP) is 4.60. The fourth-order valence-electron chi connectivity index (χ4n) is 3.55. The van der Waals surface area contributed by atoms with Gasteiger partial charge < -0.3 is 5.11 Å². The third-order valence-corrected chi connectivity index (χ3v) is 5.81. The first-order chi connectivity index (χ1) is 12.1. The minimum Gasteiger partial charge on any atom is -0.481 e. The molecule has 0 bridgehead atoms. The van der Waals surface area contributed by atoms with Crippen molar-refractivity contribution >= 4 is 17.7 Å². The zero-order chi connectivity index (χ0) is 17.8. The summed E-state index contributed by atoms with van der Waals surface area (Å²) in [5, 5.41) is 9.26. The lowest BCUT2D eigenvalue weighted by Gasteiger charge is -2.37. The molecular weight excluding hydrogens is 330 g/mol. The van der Waals surface area contributed by atoms with E-state index in [0.717, 1.165) is 25.9 Å². The molecule has 25 heavy (non-hydrogen) atoms. The highest BCUT2D eigenvalue weighted by Gasteiger charge is 2.30. The van der Waals surface area contributed by atoms with E-state index in [-0.39, 0.29) is 12.0 Å². The van der Waals surface area contributed by atoms with Crippen LogP contribution in [0, 0.1) is 12.8 Å². The molecular formula is C21H25NO2S. The van der Waals surface area contributed by atoms with Crippen LogP contribution < -0.4 is 0 Å². The highest BCUT2D eigenvalue weighted by molar-refractivity contribution is 7.98. The lowest BCUT2D eigenvalue weighted by Crippen LogP contribution is -2.39. The van der Waals surface area contributed by atoms with Crippen LogP contribution in [0.3, 0.4) is 0 Å². The second-order valence-electron chi connectivity index (χ2n) is 6.73. The Labute approximate surface area is 154 Å². The van der Waals surface area contributed by atoms with E-state index in [2.05, 4.69) is 66.6 Å². The van der Waals surface area contributed by atoms with Gasteiger partial charge in [0.15, 0.2) is 0 Å². The summed E-state index contributed by atoms with van der Waals surface area (Å²) in [5.41, 5.74) is 3.80. The summed E-state index contributed by atoms with van der Waals surface area (Å²) in [6, 6.07) is 17.7. The van der Waals surface area contributed by atoms with Crippen LogP contribution in [0.1, 0.15) is 35.6 Å². The number of likely N-dealkylation sites (tertiary alicyclic amines) is 1. The summed E-state index contributed by atoms with van der Waals surface area (Å²) >= 11 is 1.75. The van der Waals surface area contributed by atoms with Gasteiger partial charge >= 0.3 is 5.97 Å². The van der Waals surface area contributed by atoms with Gasteiger partial charge in [0.1, 0.15) is 0 Å². The van der Waals surface area contributed by atoms with Gasteiger partial charge in [0.2, 0.25) is 0 Å². The lowest BCUT2D eigenvalue weighted by atomic mass is 9.91. The Morgan fingerprint density at radius 3 is 2.04 bits per heavy atom. The highest BCUT2D eigenvalue weighted by Crippen LogP contribution is 2.33. The molecule has 1 fully saturated rings. The Morgan fingerprint density at radius 1 is 1.04 bits per heavy atom. The molecule has 132 valence electrons. The largest absolute Gasteiger partial charge is 0.481 e. The number of nitrogens with zero attached hydrogens (tertiary/aromatic N) is 1. The van der Waals surface area contributed by atoms with Gasteiger partial charge in [0.25, 0.3) is 0 Å². The van der Waals surface area contributed by atoms with Crippen LogP contribution in [0.4, 0.5) is 0 Å². The van der Waals surface area contributed by atoms with Gasteiger partial charge in [-0.05, 0) is 62.4 Å². The SMILES string of the molecule is CSc1ccc(C(c2ccc(C)cc2)N2CCC(C(=O)O)CC2)cc1. The molecule has 2 aromatic rings. The average Bonchev–Trinajstić information content (AvgIpc) is 2.64. The molecule has 1 saturated heterocycles. The molecule has 0 aliphatic carbocycles. The van der Waals surface area contributed by atoms with Crippen molar-refractivity contribution in [3.63, 3.8) is 0 Å². The second-order valence-corrected chi connectivity index (χ2v) is 7.61. The third kappa shape index (κ3) is 4.25. The fourth-order valence-corrected chi connectivity index (χ4v) is 3.96. The molecule has 2 aromatic carbocycles. The summed E-state index contributed by atoms with van der Waals surface area (Å²) in [5.74, 6) is -0.857. The maximum Gasteiger partial charge on any atom is 0.306 e. The number of aliphatic carboxylic acids is 1. The lowest BCUT2D eigenvalue weighted by molar-refractivity contribution is -0.143. The first kappa shape index (κ1) is 18.0. The number of carboxylic acid groups (broad SMARTS) is 1. The Bertz CT molecular complexity index is 704. The summed E-state index contributed by atoms with van der Waals surface area (Å²) in [6.45, 7) is 3.74. The number of hydrogen-bond donors (Lipinski definition) is 1. The molecule has 0 amide bonds. The Morgan fingerprint density at radius 2 is 1.56 bits per heavy atom. The van der Waals surface area contributed by atoms with Crippen LogP contribution in [0.2, 0.25) is 0 Å². The molecule has 0 spiro atoms. The van der Waals surface area contributed by atoms with Crippen molar-refractivity contribution in [3.8, 4) is 0 Å². The van der Waals surface area contributed by atoms with Gasteiger partial charge in [-0.2, -0.15) is 0 Å². The predicted molar refractivity (Wildman–Crippen MR) is 103 cm³/mol. The Balaban J connectivity index is 1.89. The van der Waals surface area contributed by atoms with Crippen molar-refractivity contribution in [2.45, 2.75) is 30.7 Å². The van der Waals surface area contributed by atoms with E-state index >= 15 is 0 Å². The number of aryl methyl sites for hydroxylation is 1. The fraction of sp³-hybridized carbons (Fsp3) is 0.381. The molecule has 1 heterocycles. The maximum atomic E-state index is 11.3. The monoisotopic (exact) mass is 355 g/mol. The molecule has 0 saturated carbocycles.